The minimum atomic E-state index is -0.148. The largest absolute Gasteiger partial charge is 0.301 e. The van der Waals surface area contributed by atoms with Crippen LogP contribution in [-0.4, -0.2) is 36.2 Å². The summed E-state index contributed by atoms with van der Waals surface area (Å²) in [7, 11) is 0. The first-order valence-electron chi connectivity index (χ1n) is 7.53. The second-order valence-corrected chi connectivity index (χ2v) is 7.24. The second-order valence-electron chi connectivity index (χ2n) is 5.40. The van der Waals surface area contributed by atoms with E-state index in [4.69, 9.17) is 0 Å². The molecule has 3 aromatic heterocycles. The van der Waals surface area contributed by atoms with E-state index in [0.29, 0.717) is 16.1 Å². The Bertz CT molecular complexity index is 946. The van der Waals surface area contributed by atoms with Gasteiger partial charge in [0.15, 0.2) is 10.3 Å². The van der Waals surface area contributed by atoms with Crippen molar-refractivity contribution < 1.29 is 4.79 Å². The topological polar surface area (TPSA) is 105 Å². The lowest BCUT2D eigenvalue weighted by molar-refractivity contribution is -0.113. The van der Waals surface area contributed by atoms with Crippen LogP contribution in [0.2, 0.25) is 0 Å². The molecule has 4 rings (SSSR count). The number of nitrogens with one attached hydrogen (secondary N) is 2. The highest BCUT2D eigenvalue weighted by Crippen LogP contribution is 2.23. The molecule has 0 bridgehead atoms. The number of thiazole rings is 1. The molecule has 2 N–H and O–H groups in total. The van der Waals surface area contributed by atoms with Crippen molar-refractivity contribution in [2.45, 2.75) is 30.8 Å². The number of aryl methyl sites for hydroxylation is 1. The molecule has 1 amide bonds. The quantitative estimate of drug-likeness (QED) is 0.681. The first-order valence-corrected chi connectivity index (χ1v) is 9.40. The van der Waals surface area contributed by atoms with E-state index >= 15 is 0 Å². The van der Waals surface area contributed by atoms with Gasteiger partial charge in [0.1, 0.15) is 0 Å². The Labute approximate surface area is 144 Å². The number of rotatable bonds is 4. The van der Waals surface area contributed by atoms with Crippen molar-refractivity contribution in [2.75, 3.05) is 11.1 Å². The van der Waals surface area contributed by atoms with Crippen molar-refractivity contribution in [1.82, 2.24) is 24.6 Å². The Morgan fingerprint density at radius 1 is 1.38 bits per heavy atom. The zero-order valence-electron chi connectivity index (χ0n) is 12.6. The van der Waals surface area contributed by atoms with Crippen LogP contribution < -0.4 is 10.9 Å². The molecule has 3 aromatic rings. The predicted octanol–water partition coefficient (Wildman–Crippen LogP) is 1.48. The molecule has 24 heavy (non-hydrogen) atoms. The van der Waals surface area contributed by atoms with Gasteiger partial charge in [0, 0.05) is 22.8 Å². The summed E-state index contributed by atoms with van der Waals surface area (Å²) in [5, 5.41) is 13.9. The summed E-state index contributed by atoms with van der Waals surface area (Å²) in [6.45, 7) is 0. The van der Waals surface area contributed by atoms with Crippen molar-refractivity contribution in [3.8, 4) is 0 Å². The van der Waals surface area contributed by atoms with Gasteiger partial charge in [-0.25, -0.2) is 4.98 Å². The van der Waals surface area contributed by atoms with Crippen LogP contribution in [0.15, 0.2) is 21.5 Å². The van der Waals surface area contributed by atoms with Crippen LogP contribution >= 0.6 is 23.1 Å². The molecular formula is C14H14N6O2S2. The van der Waals surface area contributed by atoms with Crippen LogP contribution in [0.4, 0.5) is 5.13 Å². The molecule has 0 aromatic carbocycles. The lowest BCUT2D eigenvalue weighted by Gasteiger charge is -2.16. The third kappa shape index (κ3) is 2.82. The van der Waals surface area contributed by atoms with Crippen LogP contribution in [0.1, 0.15) is 24.1 Å². The van der Waals surface area contributed by atoms with Gasteiger partial charge in [0.2, 0.25) is 11.7 Å². The van der Waals surface area contributed by atoms with Crippen LogP contribution in [0.25, 0.3) is 5.78 Å². The smallest absolute Gasteiger partial charge is 0.255 e. The van der Waals surface area contributed by atoms with Gasteiger partial charge in [-0.05, 0) is 25.7 Å². The Morgan fingerprint density at radius 3 is 3.08 bits per heavy atom. The number of hydrogen-bond acceptors (Lipinski definition) is 7. The zero-order chi connectivity index (χ0) is 16.5. The normalized spacial score (nSPS) is 13.8. The fourth-order valence-electron chi connectivity index (χ4n) is 2.82. The SMILES string of the molecule is O=C(CSc1nnc2[nH]c(=O)c3c(n12)CCCC3)Nc1nccs1. The maximum Gasteiger partial charge on any atom is 0.255 e. The number of amides is 1. The van der Waals surface area contributed by atoms with E-state index in [2.05, 4.69) is 25.5 Å². The van der Waals surface area contributed by atoms with E-state index in [1.54, 1.807) is 11.6 Å². The number of thioether (sulfide) groups is 1. The van der Waals surface area contributed by atoms with Crippen LogP contribution in [-0.2, 0) is 17.6 Å². The van der Waals surface area contributed by atoms with Gasteiger partial charge in [-0.2, -0.15) is 0 Å². The van der Waals surface area contributed by atoms with E-state index in [1.165, 1.54) is 23.1 Å². The first kappa shape index (κ1) is 15.3. The summed E-state index contributed by atoms with van der Waals surface area (Å²) >= 11 is 2.67. The van der Waals surface area contributed by atoms with Crippen LogP contribution in [0.5, 0.6) is 0 Å². The second kappa shape index (κ2) is 6.36. The van der Waals surface area contributed by atoms with E-state index in [-0.39, 0.29) is 17.2 Å². The molecule has 0 unspecified atom stereocenters. The summed E-state index contributed by atoms with van der Waals surface area (Å²) in [4.78, 5) is 30.9. The van der Waals surface area contributed by atoms with Crippen LogP contribution in [0.3, 0.4) is 0 Å². The van der Waals surface area contributed by atoms with Crippen molar-refractivity contribution in [2.24, 2.45) is 0 Å². The van der Waals surface area contributed by atoms with Gasteiger partial charge >= 0.3 is 0 Å². The number of nitrogens with zero attached hydrogens (tertiary/aromatic N) is 4. The predicted molar refractivity (Wildman–Crippen MR) is 91.7 cm³/mol. The molecule has 8 nitrogen and oxygen atoms in total. The molecule has 0 radical (unpaired) electrons. The third-order valence-corrected chi connectivity index (χ3v) is 5.47. The monoisotopic (exact) mass is 362 g/mol. The summed E-state index contributed by atoms with van der Waals surface area (Å²) in [5.41, 5.74) is 1.69. The molecule has 0 aliphatic heterocycles. The first-order chi connectivity index (χ1) is 11.7. The van der Waals surface area contributed by atoms with Gasteiger partial charge < -0.3 is 5.32 Å². The summed E-state index contributed by atoms with van der Waals surface area (Å²) in [6.07, 6.45) is 5.29. The van der Waals surface area contributed by atoms with E-state index in [1.807, 2.05) is 4.40 Å². The number of aromatic amines is 1. The Kier molecular flexibility index (Phi) is 4.07. The molecule has 0 saturated heterocycles. The van der Waals surface area contributed by atoms with Gasteiger partial charge in [-0.1, -0.05) is 11.8 Å². The molecule has 1 aliphatic carbocycles. The highest BCUT2D eigenvalue weighted by molar-refractivity contribution is 7.99. The highest BCUT2D eigenvalue weighted by Gasteiger charge is 2.20. The molecule has 0 atom stereocenters. The Hall–Kier alpha value is -2.20. The maximum absolute atomic E-state index is 12.1. The zero-order valence-corrected chi connectivity index (χ0v) is 14.2. The van der Waals surface area contributed by atoms with Gasteiger partial charge in [-0.15, -0.1) is 21.5 Å². The summed E-state index contributed by atoms with van der Waals surface area (Å²) in [5.74, 6) is 0.488. The lowest BCUT2D eigenvalue weighted by Crippen LogP contribution is -2.23. The van der Waals surface area contributed by atoms with E-state index < -0.39 is 0 Å². The van der Waals surface area contributed by atoms with Crippen molar-refractivity contribution in [3.63, 3.8) is 0 Å². The van der Waals surface area contributed by atoms with Crippen molar-refractivity contribution in [1.29, 1.82) is 0 Å². The number of carbonyl (C=O) groups is 1. The van der Waals surface area contributed by atoms with Gasteiger partial charge in [0.25, 0.3) is 5.56 Å². The Morgan fingerprint density at radius 2 is 2.25 bits per heavy atom. The van der Waals surface area contributed by atoms with Gasteiger partial charge in [-0.3, -0.25) is 19.0 Å². The molecule has 10 heteroatoms. The fraction of sp³-hybridized carbons (Fsp3) is 0.357. The molecule has 124 valence electrons. The molecule has 0 spiro atoms. The minimum absolute atomic E-state index is 0.0809. The Balaban J connectivity index is 1.58. The van der Waals surface area contributed by atoms with E-state index in [0.717, 1.165) is 36.9 Å². The number of H-pyrrole nitrogens is 1. The average molecular weight is 362 g/mol. The highest BCUT2D eigenvalue weighted by atomic mass is 32.2. The lowest BCUT2D eigenvalue weighted by atomic mass is 9.97. The van der Waals surface area contributed by atoms with Gasteiger partial charge in [0.05, 0.1) is 5.75 Å². The summed E-state index contributed by atoms with van der Waals surface area (Å²) in [6, 6.07) is 0. The number of hydrogen-bond donors (Lipinski definition) is 2. The van der Waals surface area contributed by atoms with Crippen LogP contribution in [0, 0.1) is 0 Å². The fourth-order valence-corrected chi connectivity index (χ4v) is 4.12. The van der Waals surface area contributed by atoms with Crippen molar-refractivity contribution >= 4 is 39.9 Å². The number of anilines is 1. The third-order valence-electron chi connectivity index (χ3n) is 3.85. The molecule has 0 fully saturated rings. The molecule has 1 aliphatic rings. The summed E-state index contributed by atoms with van der Waals surface area (Å²) < 4.78 is 1.87. The van der Waals surface area contributed by atoms with E-state index in [9.17, 15) is 9.59 Å². The number of carbonyl (C=O) groups excluding carboxylic acids is 1. The number of fused-ring (bicyclic) bond motifs is 3. The molecular weight excluding hydrogens is 348 g/mol. The minimum Gasteiger partial charge on any atom is -0.301 e. The maximum atomic E-state index is 12.1. The molecule has 3 heterocycles. The van der Waals surface area contributed by atoms with Crippen molar-refractivity contribution in [3.05, 3.63) is 33.2 Å². The number of aromatic nitrogens is 5. The average Bonchev–Trinajstić information content (AvgIpc) is 3.23. The molecule has 0 saturated carbocycles. The standard InChI is InChI=1S/C14H14N6O2S2/c21-10(16-13-15-5-6-23-13)7-24-14-19-18-12-17-11(22)8-3-1-2-4-9(8)20(12)14/h5-6H,1-4,7H2,(H,15,16,21)(H,17,18,22).